The van der Waals surface area contributed by atoms with Gasteiger partial charge in [-0.1, -0.05) is 19.8 Å². The van der Waals surface area contributed by atoms with E-state index in [9.17, 15) is 9.59 Å². The van der Waals surface area contributed by atoms with Crippen molar-refractivity contribution >= 4 is 12.3 Å². The lowest BCUT2D eigenvalue weighted by Crippen LogP contribution is -2.85. The fourth-order valence-corrected chi connectivity index (χ4v) is 9.74. The van der Waals surface area contributed by atoms with Crippen LogP contribution in [0.2, 0.25) is 0 Å². The van der Waals surface area contributed by atoms with Crippen molar-refractivity contribution in [1.82, 2.24) is 0 Å². The summed E-state index contributed by atoms with van der Waals surface area (Å²) in [5.41, 5.74) is -1.16. The SMILES string of the molecule is CC1CCC(C2CCC(C34CC5CC(C3)C3OC(=O)OC3(C5)C43OC(=O)O3)CC2)CC1. The van der Waals surface area contributed by atoms with Crippen LogP contribution in [0, 0.1) is 40.9 Å². The summed E-state index contributed by atoms with van der Waals surface area (Å²) in [5.74, 6) is 2.76. The molecule has 2 spiro atoms. The Kier molecular flexibility index (Phi) is 3.75. The smallest absolute Gasteiger partial charge is 0.426 e. The molecule has 0 radical (unpaired) electrons. The zero-order valence-corrected chi connectivity index (χ0v) is 18.5. The van der Waals surface area contributed by atoms with E-state index in [1.165, 1.54) is 51.4 Å². The van der Waals surface area contributed by atoms with Crippen LogP contribution in [0.1, 0.15) is 84.0 Å². The molecule has 8 fully saturated rings. The first-order valence-corrected chi connectivity index (χ1v) is 12.8. The van der Waals surface area contributed by atoms with Crippen LogP contribution in [0.15, 0.2) is 0 Å². The van der Waals surface area contributed by atoms with E-state index in [4.69, 9.17) is 18.9 Å². The molecule has 0 aromatic heterocycles. The topological polar surface area (TPSA) is 71.1 Å². The van der Waals surface area contributed by atoms with Gasteiger partial charge >= 0.3 is 18.1 Å². The number of rotatable bonds is 2. The van der Waals surface area contributed by atoms with Crippen LogP contribution in [-0.2, 0) is 18.9 Å². The number of hydrogen-bond donors (Lipinski definition) is 0. The van der Waals surface area contributed by atoms with Crippen molar-refractivity contribution in [2.24, 2.45) is 40.9 Å². The van der Waals surface area contributed by atoms with Gasteiger partial charge in [0.2, 0.25) is 5.60 Å². The first-order valence-electron chi connectivity index (χ1n) is 12.8. The van der Waals surface area contributed by atoms with Gasteiger partial charge < -0.3 is 18.9 Å². The average Bonchev–Trinajstić information content (AvgIpc) is 3.08. The van der Waals surface area contributed by atoms with E-state index in [-0.39, 0.29) is 11.5 Å². The molecule has 6 nitrogen and oxygen atoms in total. The summed E-state index contributed by atoms with van der Waals surface area (Å²) in [5, 5.41) is 0. The van der Waals surface area contributed by atoms with Crippen LogP contribution in [-0.4, -0.2) is 29.8 Å². The lowest BCUT2D eigenvalue weighted by molar-refractivity contribution is -0.451. The normalized spacial score (nSPS) is 53.8. The maximum Gasteiger partial charge on any atom is 0.515 e. The molecule has 0 N–H and O–H groups in total. The van der Waals surface area contributed by atoms with Crippen LogP contribution in [0.3, 0.4) is 0 Å². The second kappa shape index (κ2) is 6.11. The highest BCUT2D eigenvalue weighted by Gasteiger charge is 2.89. The maximum absolute atomic E-state index is 12.3. The predicted octanol–water partition coefficient (Wildman–Crippen LogP) is 5.58. The Morgan fingerprint density at radius 2 is 1.42 bits per heavy atom. The molecule has 5 atom stereocenters. The first kappa shape index (κ1) is 19.0. The summed E-state index contributed by atoms with van der Waals surface area (Å²) in [6.07, 6.45) is 12.6. The van der Waals surface area contributed by atoms with Crippen molar-refractivity contribution < 1.29 is 28.5 Å². The summed E-state index contributed by atoms with van der Waals surface area (Å²) in [6, 6.07) is 0. The molecule has 0 aromatic rings. The van der Waals surface area contributed by atoms with Gasteiger partial charge in [0.05, 0.1) is 5.41 Å². The van der Waals surface area contributed by atoms with Crippen molar-refractivity contribution in [3.05, 3.63) is 0 Å². The number of carbonyl (C=O) groups excluding carboxylic acids is 2. The standard InChI is InChI=1S/C25H34O6/c1-14-2-4-16(5-3-14)17-6-8-19(9-7-17)23-11-15-10-18(13-23)20-24(12-15,29-21(26)28-20)25(23)30-22(27)31-25/h14-20H,2-13H2,1H3. The van der Waals surface area contributed by atoms with Gasteiger partial charge in [-0.25, -0.2) is 9.59 Å². The fraction of sp³-hybridized carbons (Fsp3) is 0.920. The summed E-state index contributed by atoms with van der Waals surface area (Å²) in [6.45, 7) is 2.39. The van der Waals surface area contributed by atoms with E-state index in [2.05, 4.69) is 6.92 Å². The van der Waals surface area contributed by atoms with Gasteiger partial charge in [0.25, 0.3) is 0 Å². The molecule has 6 aliphatic carbocycles. The predicted molar refractivity (Wildman–Crippen MR) is 109 cm³/mol. The molecule has 5 unspecified atom stereocenters. The van der Waals surface area contributed by atoms with Crippen molar-refractivity contribution in [3.63, 3.8) is 0 Å². The lowest BCUT2D eigenvalue weighted by atomic mass is 9.39. The van der Waals surface area contributed by atoms with Gasteiger partial charge in [-0.05, 0) is 87.4 Å². The van der Waals surface area contributed by atoms with Gasteiger partial charge in [-0.2, -0.15) is 0 Å². The summed E-state index contributed by atoms with van der Waals surface area (Å²) < 4.78 is 23.5. The fourth-order valence-electron chi connectivity index (χ4n) is 9.74. The van der Waals surface area contributed by atoms with E-state index in [0.717, 1.165) is 37.0 Å². The molecule has 2 saturated heterocycles. The number of ether oxygens (including phenoxy) is 4. The van der Waals surface area contributed by atoms with E-state index >= 15 is 0 Å². The summed E-state index contributed by atoms with van der Waals surface area (Å²) in [4.78, 5) is 24.3. The third-order valence-corrected chi connectivity index (χ3v) is 10.8. The third kappa shape index (κ3) is 2.25. The van der Waals surface area contributed by atoms with Crippen molar-refractivity contribution in [2.45, 2.75) is 101 Å². The summed E-state index contributed by atoms with van der Waals surface area (Å²) in [7, 11) is 0. The lowest BCUT2D eigenvalue weighted by Gasteiger charge is -2.72. The monoisotopic (exact) mass is 430 g/mol. The Labute approximate surface area is 183 Å². The zero-order chi connectivity index (χ0) is 21.0. The van der Waals surface area contributed by atoms with Crippen molar-refractivity contribution in [1.29, 1.82) is 0 Å². The minimum Gasteiger partial charge on any atom is -0.426 e. The molecule has 4 bridgehead atoms. The summed E-state index contributed by atoms with van der Waals surface area (Å²) >= 11 is 0. The second-order valence-corrected chi connectivity index (χ2v) is 12.1. The zero-order valence-electron chi connectivity index (χ0n) is 18.5. The highest BCUT2D eigenvalue weighted by Crippen LogP contribution is 2.75. The molecule has 170 valence electrons. The Morgan fingerprint density at radius 3 is 2.10 bits per heavy atom. The highest BCUT2D eigenvalue weighted by atomic mass is 16.9. The first-order chi connectivity index (χ1) is 14.9. The van der Waals surface area contributed by atoms with E-state index in [1.54, 1.807) is 0 Å². The molecule has 8 rings (SSSR count). The second-order valence-electron chi connectivity index (χ2n) is 12.1. The Hall–Kier alpha value is -1.46. The van der Waals surface area contributed by atoms with Crippen LogP contribution >= 0.6 is 0 Å². The molecule has 0 aromatic carbocycles. The molecule has 2 heterocycles. The third-order valence-electron chi connectivity index (χ3n) is 10.8. The Morgan fingerprint density at radius 1 is 0.742 bits per heavy atom. The molecular weight excluding hydrogens is 396 g/mol. The molecule has 0 amide bonds. The Balaban J connectivity index is 1.18. The van der Waals surface area contributed by atoms with Gasteiger partial charge in [-0.3, -0.25) is 0 Å². The Bertz CT molecular complexity index is 801. The van der Waals surface area contributed by atoms with Crippen LogP contribution < -0.4 is 0 Å². The molecule has 2 aliphatic heterocycles. The largest absolute Gasteiger partial charge is 0.515 e. The van der Waals surface area contributed by atoms with Crippen LogP contribution in [0.4, 0.5) is 9.59 Å². The maximum atomic E-state index is 12.3. The van der Waals surface area contributed by atoms with Gasteiger partial charge in [0.1, 0.15) is 0 Å². The van der Waals surface area contributed by atoms with Crippen molar-refractivity contribution in [2.75, 3.05) is 0 Å². The van der Waals surface area contributed by atoms with E-state index in [0.29, 0.717) is 24.2 Å². The molecule has 6 heteroatoms. The van der Waals surface area contributed by atoms with Gasteiger partial charge in [0, 0.05) is 12.3 Å². The van der Waals surface area contributed by atoms with E-state index in [1.807, 2.05) is 0 Å². The molecular formula is C25H34O6. The van der Waals surface area contributed by atoms with Gasteiger partial charge in [-0.15, -0.1) is 0 Å². The number of carbonyl (C=O) groups is 2. The minimum atomic E-state index is -1.13. The molecule has 6 saturated carbocycles. The van der Waals surface area contributed by atoms with Crippen LogP contribution in [0.25, 0.3) is 0 Å². The average molecular weight is 431 g/mol. The molecule has 8 aliphatic rings. The van der Waals surface area contributed by atoms with Crippen LogP contribution in [0.5, 0.6) is 0 Å². The highest BCUT2D eigenvalue weighted by molar-refractivity contribution is 5.70. The van der Waals surface area contributed by atoms with Crippen molar-refractivity contribution in [3.8, 4) is 0 Å². The number of hydrogen-bond acceptors (Lipinski definition) is 6. The molecule has 31 heavy (non-hydrogen) atoms. The quantitative estimate of drug-likeness (QED) is 0.533. The minimum absolute atomic E-state index is 0.233. The van der Waals surface area contributed by atoms with E-state index < -0.39 is 23.7 Å². The van der Waals surface area contributed by atoms with Gasteiger partial charge in [0.15, 0.2) is 6.10 Å².